The maximum absolute atomic E-state index is 11.6. The van der Waals surface area contributed by atoms with Crippen LogP contribution in [0.2, 0.25) is 5.02 Å². The minimum absolute atomic E-state index is 0.0388. The van der Waals surface area contributed by atoms with Crippen molar-refractivity contribution < 1.29 is 4.79 Å². The van der Waals surface area contributed by atoms with Crippen LogP contribution in [-0.4, -0.2) is 10.9 Å². The number of halogens is 1. The average molecular weight is 372 g/mol. The summed E-state index contributed by atoms with van der Waals surface area (Å²) < 4.78 is 0. The van der Waals surface area contributed by atoms with E-state index in [1.54, 1.807) is 0 Å². The van der Waals surface area contributed by atoms with E-state index in [1.807, 2.05) is 60.8 Å². The lowest BCUT2D eigenvalue weighted by atomic mass is 10.1. The van der Waals surface area contributed by atoms with Crippen molar-refractivity contribution in [3.05, 3.63) is 58.9 Å². The normalized spacial score (nSPS) is 10.5. The lowest BCUT2D eigenvalue weighted by Crippen LogP contribution is -2.10. The van der Waals surface area contributed by atoms with Crippen molar-refractivity contribution in [1.29, 1.82) is 0 Å². The van der Waals surface area contributed by atoms with Gasteiger partial charge in [-0.3, -0.25) is 4.79 Å². The average Bonchev–Trinajstić information content (AvgIpc) is 3.04. The monoisotopic (exact) mass is 371 g/mol. The molecule has 0 aliphatic carbocycles. The quantitative estimate of drug-likeness (QED) is 0.563. The molecule has 0 unspecified atom stereocenters. The third kappa shape index (κ3) is 4.81. The van der Waals surface area contributed by atoms with Crippen LogP contribution in [0.1, 0.15) is 19.8 Å². The van der Waals surface area contributed by atoms with Gasteiger partial charge in [-0.25, -0.2) is 4.98 Å². The Morgan fingerprint density at radius 1 is 1.16 bits per heavy atom. The number of nitrogens with one attached hydrogen (secondary N) is 2. The lowest BCUT2D eigenvalue weighted by Gasteiger charge is -2.05. The van der Waals surface area contributed by atoms with Gasteiger partial charge in [-0.15, -0.1) is 11.3 Å². The van der Waals surface area contributed by atoms with Gasteiger partial charge in [0.2, 0.25) is 5.91 Å². The van der Waals surface area contributed by atoms with Crippen LogP contribution in [0.5, 0.6) is 0 Å². The van der Waals surface area contributed by atoms with E-state index in [9.17, 15) is 4.79 Å². The second kappa shape index (κ2) is 8.14. The van der Waals surface area contributed by atoms with Crippen molar-refractivity contribution in [1.82, 2.24) is 4.98 Å². The molecule has 25 heavy (non-hydrogen) atoms. The molecular formula is C19H18ClN3OS. The Hall–Kier alpha value is -2.37. The highest BCUT2D eigenvalue weighted by atomic mass is 35.5. The first-order valence-corrected chi connectivity index (χ1v) is 9.28. The Kier molecular flexibility index (Phi) is 5.68. The number of carbonyl (C=O) groups is 1. The maximum atomic E-state index is 11.6. The van der Waals surface area contributed by atoms with Crippen LogP contribution < -0.4 is 10.6 Å². The molecule has 2 aromatic carbocycles. The van der Waals surface area contributed by atoms with Crippen molar-refractivity contribution in [2.24, 2.45) is 0 Å². The Bertz CT molecular complexity index is 861. The largest absolute Gasteiger partial charge is 0.331 e. The van der Waals surface area contributed by atoms with Crippen LogP contribution >= 0.6 is 22.9 Å². The van der Waals surface area contributed by atoms with Crippen molar-refractivity contribution >= 4 is 45.4 Å². The molecule has 128 valence electrons. The van der Waals surface area contributed by atoms with Gasteiger partial charge in [0.05, 0.1) is 5.69 Å². The van der Waals surface area contributed by atoms with Gasteiger partial charge in [-0.1, -0.05) is 36.7 Å². The topological polar surface area (TPSA) is 54.0 Å². The zero-order valence-electron chi connectivity index (χ0n) is 13.8. The van der Waals surface area contributed by atoms with Gasteiger partial charge in [-0.2, -0.15) is 0 Å². The van der Waals surface area contributed by atoms with Crippen LogP contribution in [0.4, 0.5) is 16.5 Å². The number of thiazole rings is 1. The van der Waals surface area contributed by atoms with E-state index in [1.165, 1.54) is 11.3 Å². The molecule has 0 spiro atoms. The van der Waals surface area contributed by atoms with Crippen molar-refractivity contribution in [2.75, 3.05) is 10.6 Å². The highest BCUT2D eigenvalue weighted by Crippen LogP contribution is 2.28. The van der Waals surface area contributed by atoms with Gasteiger partial charge >= 0.3 is 0 Å². The third-order valence-corrected chi connectivity index (χ3v) is 4.51. The number of hydrogen-bond donors (Lipinski definition) is 2. The first kappa shape index (κ1) is 17.5. The minimum Gasteiger partial charge on any atom is -0.331 e. The Balaban J connectivity index is 1.68. The molecular weight excluding hydrogens is 354 g/mol. The fraction of sp³-hybridized carbons (Fsp3) is 0.158. The van der Waals surface area contributed by atoms with E-state index in [2.05, 4.69) is 15.6 Å². The van der Waals surface area contributed by atoms with E-state index in [-0.39, 0.29) is 5.91 Å². The first-order chi connectivity index (χ1) is 12.1. The Morgan fingerprint density at radius 2 is 1.96 bits per heavy atom. The zero-order valence-corrected chi connectivity index (χ0v) is 15.3. The summed E-state index contributed by atoms with van der Waals surface area (Å²) in [6.07, 6.45) is 1.37. The highest BCUT2D eigenvalue weighted by Gasteiger charge is 2.06. The second-order valence-corrected chi connectivity index (χ2v) is 6.84. The number of anilines is 3. The zero-order chi connectivity index (χ0) is 17.6. The minimum atomic E-state index is 0.0388. The molecule has 3 aromatic rings. The summed E-state index contributed by atoms with van der Waals surface area (Å²) in [5, 5.41) is 9.62. The van der Waals surface area contributed by atoms with Gasteiger partial charge in [-0.05, 0) is 36.8 Å². The van der Waals surface area contributed by atoms with E-state index in [0.717, 1.165) is 34.2 Å². The number of carbonyl (C=O) groups excluding carboxylic acids is 1. The molecule has 0 radical (unpaired) electrons. The van der Waals surface area contributed by atoms with Crippen LogP contribution in [0, 0.1) is 0 Å². The van der Waals surface area contributed by atoms with Crippen molar-refractivity contribution in [2.45, 2.75) is 19.8 Å². The predicted molar refractivity (Wildman–Crippen MR) is 106 cm³/mol. The summed E-state index contributed by atoms with van der Waals surface area (Å²) in [6.45, 7) is 1.99. The number of nitrogens with zero attached hydrogens (tertiary/aromatic N) is 1. The highest BCUT2D eigenvalue weighted by molar-refractivity contribution is 7.14. The van der Waals surface area contributed by atoms with E-state index in [4.69, 9.17) is 11.6 Å². The molecule has 3 rings (SSSR count). The molecule has 4 nitrogen and oxygen atoms in total. The molecule has 0 fully saturated rings. The van der Waals surface area contributed by atoms with Crippen molar-refractivity contribution in [3.8, 4) is 11.3 Å². The van der Waals surface area contributed by atoms with Gasteiger partial charge in [0, 0.05) is 33.8 Å². The molecule has 1 aromatic heterocycles. The summed E-state index contributed by atoms with van der Waals surface area (Å²) in [5.41, 5.74) is 3.60. The fourth-order valence-corrected chi connectivity index (χ4v) is 3.26. The molecule has 0 aliphatic heterocycles. The number of rotatable bonds is 6. The SMILES string of the molecule is CCCC(=O)Nc1ccc(-c2csc(Nc3cccc(Cl)c3)n2)cc1. The maximum Gasteiger partial charge on any atom is 0.224 e. The first-order valence-electron chi connectivity index (χ1n) is 8.02. The molecule has 0 saturated heterocycles. The van der Waals surface area contributed by atoms with Gasteiger partial charge < -0.3 is 10.6 Å². The Labute approximate surface area is 155 Å². The fourth-order valence-electron chi connectivity index (χ4n) is 2.33. The molecule has 2 N–H and O–H groups in total. The summed E-state index contributed by atoms with van der Waals surface area (Å²) in [5.74, 6) is 0.0388. The van der Waals surface area contributed by atoms with Crippen LogP contribution in [0.15, 0.2) is 53.9 Å². The molecule has 1 heterocycles. The summed E-state index contributed by atoms with van der Waals surface area (Å²) in [7, 11) is 0. The summed E-state index contributed by atoms with van der Waals surface area (Å²) in [4.78, 5) is 16.2. The van der Waals surface area contributed by atoms with E-state index < -0.39 is 0 Å². The molecule has 0 saturated carbocycles. The molecule has 1 amide bonds. The molecule has 0 aliphatic rings. The van der Waals surface area contributed by atoms with Crippen molar-refractivity contribution in [3.63, 3.8) is 0 Å². The van der Waals surface area contributed by atoms with Gasteiger partial charge in [0.25, 0.3) is 0 Å². The van der Waals surface area contributed by atoms with Gasteiger partial charge in [0.15, 0.2) is 5.13 Å². The standard InChI is InChI=1S/C19H18ClN3OS/c1-2-4-18(24)21-15-9-7-13(8-10-15)17-12-25-19(23-17)22-16-6-3-5-14(20)11-16/h3,5-12H,2,4H2,1H3,(H,21,24)(H,22,23). The van der Waals surface area contributed by atoms with E-state index >= 15 is 0 Å². The van der Waals surface area contributed by atoms with E-state index in [0.29, 0.717) is 11.4 Å². The number of hydrogen-bond acceptors (Lipinski definition) is 4. The number of benzene rings is 2. The number of aromatic nitrogens is 1. The van der Waals surface area contributed by atoms with Crippen LogP contribution in [0.3, 0.4) is 0 Å². The third-order valence-electron chi connectivity index (χ3n) is 3.52. The Morgan fingerprint density at radius 3 is 2.68 bits per heavy atom. The summed E-state index contributed by atoms with van der Waals surface area (Å²) in [6, 6.07) is 15.2. The second-order valence-electron chi connectivity index (χ2n) is 5.55. The molecule has 6 heteroatoms. The summed E-state index contributed by atoms with van der Waals surface area (Å²) >= 11 is 7.53. The lowest BCUT2D eigenvalue weighted by molar-refractivity contribution is -0.116. The molecule has 0 atom stereocenters. The predicted octanol–water partition coefficient (Wildman–Crippen LogP) is 5.95. The smallest absolute Gasteiger partial charge is 0.224 e. The van der Waals surface area contributed by atoms with Gasteiger partial charge in [0.1, 0.15) is 0 Å². The molecule has 0 bridgehead atoms. The van der Waals surface area contributed by atoms with Crippen LogP contribution in [-0.2, 0) is 4.79 Å². The van der Waals surface area contributed by atoms with Crippen LogP contribution in [0.25, 0.3) is 11.3 Å². The number of amides is 1.